The van der Waals surface area contributed by atoms with Gasteiger partial charge in [0.2, 0.25) is 0 Å². The van der Waals surface area contributed by atoms with Crippen molar-refractivity contribution in [3.63, 3.8) is 0 Å². The number of hydrogen-bond donors (Lipinski definition) is 0. The summed E-state index contributed by atoms with van der Waals surface area (Å²) in [6.07, 6.45) is 3.47. The molecule has 0 unspecified atom stereocenters. The van der Waals surface area contributed by atoms with Crippen LogP contribution in [-0.4, -0.2) is 11.8 Å². The quantitative estimate of drug-likeness (QED) is 0.452. The van der Waals surface area contributed by atoms with Crippen LogP contribution in [0.5, 0.6) is 0 Å². The second kappa shape index (κ2) is 7.65. The number of hydrogen-bond acceptors (Lipinski definition) is 3. The van der Waals surface area contributed by atoms with E-state index < -0.39 is 11.6 Å². The average molecular weight is 368 g/mol. The minimum atomic E-state index is -1.01. The summed E-state index contributed by atoms with van der Waals surface area (Å²) >= 11 is 0. The van der Waals surface area contributed by atoms with E-state index in [0.717, 1.165) is 11.1 Å². The molecular formula is C25H20O3. The molecule has 4 rings (SSSR count). The van der Waals surface area contributed by atoms with E-state index in [1.54, 1.807) is 6.08 Å². The Labute approximate surface area is 164 Å². The van der Waals surface area contributed by atoms with E-state index in [2.05, 4.69) is 0 Å². The molecule has 0 radical (unpaired) electrons. The van der Waals surface area contributed by atoms with Crippen molar-refractivity contribution in [1.29, 1.82) is 0 Å². The maximum absolute atomic E-state index is 13.1. The molecule has 28 heavy (non-hydrogen) atoms. The fourth-order valence-corrected chi connectivity index (χ4v) is 3.80. The maximum atomic E-state index is 13.1. The molecule has 0 N–H and O–H groups in total. The van der Waals surface area contributed by atoms with Crippen LogP contribution in [0.3, 0.4) is 0 Å². The summed E-state index contributed by atoms with van der Waals surface area (Å²) in [4.78, 5) is 25.2. The molecule has 1 aliphatic rings. The fraction of sp³-hybridized carbons (Fsp3) is 0.120. The van der Waals surface area contributed by atoms with Crippen LogP contribution in [0.4, 0.5) is 0 Å². The zero-order valence-electron chi connectivity index (χ0n) is 15.3. The van der Waals surface area contributed by atoms with Crippen molar-refractivity contribution in [1.82, 2.24) is 0 Å². The van der Waals surface area contributed by atoms with Crippen LogP contribution < -0.4 is 0 Å². The van der Waals surface area contributed by atoms with Crippen LogP contribution in [0.15, 0.2) is 103 Å². The van der Waals surface area contributed by atoms with Crippen LogP contribution in [0, 0.1) is 0 Å². The second-order valence-corrected chi connectivity index (χ2v) is 6.87. The van der Waals surface area contributed by atoms with Crippen LogP contribution in [0.2, 0.25) is 0 Å². The van der Waals surface area contributed by atoms with Crippen molar-refractivity contribution in [2.45, 2.75) is 17.9 Å². The van der Waals surface area contributed by atoms with Gasteiger partial charge in [-0.05, 0) is 11.6 Å². The number of carbonyl (C=O) groups excluding carboxylic acids is 2. The lowest BCUT2D eigenvalue weighted by Gasteiger charge is -2.36. The zero-order valence-corrected chi connectivity index (χ0v) is 15.3. The molecule has 0 saturated carbocycles. The minimum absolute atomic E-state index is 0.0149. The van der Waals surface area contributed by atoms with Gasteiger partial charge in [0.25, 0.3) is 0 Å². The van der Waals surface area contributed by atoms with Crippen LogP contribution in [0.25, 0.3) is 0 Å². The standard InChI is InChI=1S/C25H20O3/c26-23(20-12-6-2-7-13-20)18-22(19-10-4-1-5-11-19)25(17-16-24(27)28-25)21-14-8-3-9-15-21/h1-17,22H,18H2/t22-,25-/m1/s1. The summed E-state index contributed by atoms with van der Waals surface area (Å²) in [6.45, 7) is 0. The first-order chi connectivity index (χ1) is 13.7. The lowest BCUT2D eigenvalue weighted by Crippen LogP contribution is -2.35. The molecule has 0 fully saturated rings. The molecule has 1 aliphatic heterocycles. The largest absolute Gasteiger partial charge is 0.446 e. The summed E-state index contributed by atoms with van der Waals surface area (Å²) in [6, 6.07) is 28.6. The highest BCUT2D eigenvalue weighted by atomic mass is 16.6. The Bertz CT molecular complexity index is 994. The molecule has 0 bridgehead atoms. The van der Waals surface area contributed by atoms with Crippen molar-refractivity contribution >= 4 is 11.8 Å². The van der Waals surface area contributed by atoms with Gasteiger partial charge in [-0.3, -0.25) is 4.79 Å². The third-order valence-corrected chi connectivity index (χ3v) is 5.17. The van der Waals surface area contributed by atoms with Crippen molar-refractivity contribution in [2.75, 3.05) is 0 Å². The monoisotopic (exact) mass is 368 g/mol. The molecule has 0 aliphatic carbocycles. The molecule has 2 atom stereocenters. The lowest BCUT2D eigenvalue weighted by atomic mass is 9.74. The summed E-state index contributed by atoms with van der Waals surface area (Å²) in [5.74, 6) is -0.718. The normalized spacial score (nSPS) is 19.2. The summed E-state index contributed by atoms with van der Waals surface area (Å²) in [7, 11) is 0. The molecule has 3 nitrogen and oxygen atoms in total. The topological polar surface area (TPSA) is 43.4 Å². The van der Waals surface area contributed by atoms with Gasteiger partial charge in [-0.1, -0.05) is 91.0 Å². The van der Waals surface area contributed by atoms with E-state index in [9.17, 15) is 9.59 Å². The number of benzene rings is 3. The van der Waals surface area contributed by atoms with E-state index >= 15 is 0 Å². The fourth-order valence-electron chi connectivity index (χ4n) is 3.80. The van der Waals surface area contributed by atoms with Gasteiger partial charge < -0.3 is 4.74 Å². The highest BCUT2D eigenvalue weighted by Gasteiger charge is 2.46. The van der Waals surface area contributed by atoms with Crippen LogP contribution in [0.1, 0.15) is 33.8 Å². The molecule has 1 heterocycles. The minimum Gasteiger partial charge on any atom is -0.446 e. The molecule has 138 valence electrons. The molecule has 3 heteroatoms. The number of rotatable bonds is 6. The zero-order chi connectivity index (χ0) is 19.4. The van der Waals surface area contributed by atoms with Crippen LogP contribution >= 0.6 is 0 Å². The number of cyclic esters (lactones) is 1. The number of ketones is 1. The van der Waals surface area contributed by atoms with Gasteiger partial charge in [0.1, 0.15) is 0 Å². The van der Waals surface area contributed by atoms with Gasteiger partial charge in [-0.15, -0.1) is 0 Å². The first-order valence-electron chi connectivity index (χ1n) is 9.30. The van der Waals surface area contributed by atoms with E-state index in [0.29, 0.717) is 5.56 Å². The van der Waals surface area contributed by atoms with E-state index in [-0.39, 0.29) is 18.1 Å². The molecular weight excluding hydrogens is 348 g/mol. The van der Waals surface area contributed by atoms with E-state index in [1.165, 1.54) is 6.08 Å². The van der Waals surface area contributed by atoms with Gasteiger partial charge in [0, 0.05) is 29.5 Å². The van der Waals surface area contributed by atoms with Crippen molar-refractivity contribution in [2.24, 2.45) is 0 Å². The number of carbonyl (C=O) groups is 2. The Morgan fingerprint density at radius 1 is 0.821 bits per heavy atom. The predicted octanol–water partition coefficient (Wildman–Crippen LogP) is 5.05. The molecule has 3 aromatic rings. The molecule has 3 aromatic carbocycles. The Morgan fingerprint density at radius 3 is 1.96 bits per heavy atom. The van der Waals surface area contributed by atoms with Gasteiger partial charge in [0.15, 0.2) is 11.4 Å². The molecule has 0 amide bonds. The van der Waals surface area contributed by atoms with Crippen molar-refractivity contribution in [3.8, 4) is 0 Å². The van der Waals surface area contributed by atoms with Gasteiger partial charge in [-0.2, -0.15) is 0 Å². The third-order valence-electron chi connectivity index (χ3n) is 5.17. The second-order valence-electron chi connectivity index (χ2n) is 6.87. The third kappa shape index (κ3) is 3.39. The SMILES string of the molecule is O=C1C=C[C@@](c2ccccc2)([C@H](CC(=O)c2ccccc2)c2ccccc2)O1. The summed E-state index contributed by atoms with van der Waals surface area (Å²) < 4.78 is 5.89. The Kier molecular flexibility index (Phi) is 4.90. The smallest absolute Gasteiger partial charge is 0.331 e. The van der Waals surface area contributed by atoms with Crippen molar-refractivity contribution < 1.29 is 14.3 Å². The highest BCUT2D eigenvalue weighted by molar-refractivity contribution is 5.97. The van der Waals surface area contributed by atoms with E-state index in [4.69, 9.17) is 4.74 Å². The van der Waals surface area contributed by atoms with Gasteiger partial charge in [-0.25, -0.2) is 4.79 Å². The van der Waals surface area contributed by atoms with Gasteiger partial charge >= 0.3 is 5.97 Å². The maximum Gasteiger partial charge on any atom is 0.331 e. The first kappa shape index (κ1) is 17.9. The van der Waals surface area contributed by atoms with Gasteiger partial charge in [0.05, 0.1) is 0 Å². The molecule has 0 saturated heterocycles. The highest BCUT2D eigenvalue weighted by Crippen LogP contribution is 2.46. The van der Waals surface area contributed by atoms with Crippen molar-refractivity contribution in [3.05, 3.63) is 120 Å². The Hall–Kier alpha value is -3.46. The number of esters is 1. The number of Topliss-reactive ketones (excluding diaryl/α,β-unsaturated/α-hetero) is 1. The first-order valence-corrected chi connectivity index (χ1v) is 9.30. The molecule has 0 aromatic heterocycles. The summed E-state index contributed by atoms with van der Waals surface area (Å²) in [5, 5.41) is 0. The average Bonchev–Trinajstić information content (AvgIpc) is 3.16. The lowest BCUT2D eigenvalue weighted by molar-refractivity contribution is -0.148. The Balaban J connectivity index is 1.81. The van der Waals surface area contributed by atoms with Crippen LogP contribution in [-0.2, 0) is 15.1 Å². The number of ether oxygens (including phenoxy) is 1. The summed E-state index contributed by atoms with van der Waals surface area (Å²) in [5.41, 5.74) is 1.45. The molecule has 0 spiro atoms. The predicted molar refractivity (Wildman–Crippen MR) is 108 cm³/mol. The van der Waals surface area contributed by atoms with E-state index in [1.807, 2.05) is 91.0 Å². The Morgan fingerprint density at radius 2 is 1.39 bits per heavy atom.